The van der Waals surface area contributed by atoms with Crippen LogP contribution in [-0.2, 0) is 0 Å². The van der Waals surface area contributed by atoms with Gasteiger partial charge in [0.2, 0.25) is 0 Å². The van der Waals surface area contributed by atoms with Crippen molar-refractivity contribution in [3.05, 3.63) is 28.4 Å². The van der Waals surface area contributed by atoms with Crippen molar-refractivity contribution in [2.75, 3.05) is 0 Å². The molecule has 1 aromatic heterocycles. The molecule has 0 aliphatic heterocycles. The minimum absolute atomic E-state index is 0.0146. The molecule has 0 spiro atoms. The minimum Gasteiger partial charge on any atom is -0.278 e. The molecule has 1 heterocycles. The van der Waals surface area contributed by atoms with Crippen LogP contribution in [0.1, 0.15) is 43.2 Å². The van der Waals surface area contributed by atoms with Gasteiger partial charge in [-0.05, 0) is 29.5 Å². The number of aromatic nitrogens is 2. The highest BCUT2D eigenvalue weighted by molar-refractivity contribution is 6.32. The van der Waals surface area contributed by atoms with Crippen molar-refractivity contribution >= 4 is 22.5 Å². The Labute approximate surface area is 104 Å². The number of nitrogens with one attached hydrogen (secondary N) is 1. The SMILES string of the molecule is CC(C)c1c(C2CC2F)c(Cl)cc2[nH]ncc12. The largest absolute Gasteiger partial charge is 0.278 e. The van der Waals surface area contributed by atoms with E-state index < -0.39 is 6.17 Å². The summed E-state index contributed by atoms with van der Waals surface area (Å²) in [6, 6.07) is 1.86. The zero-order valence-electron chi connectivity index (χ0n) is 9.80. The number of hydrogen-bond donors (Lipinski definition) is 1. The molecule has 2 atom stereocenters. The lowest BCUT2D eigenvalue weighted by Crippen LogP contribution is -1.98. The highest BCUT2D eigenvalue weighted by Crippen LogP contribution is 2.50. The van der Waals surface area contributed by atoms with Crippen LogP contribution >= 0.6 is 11.6 Å². The van der Waals surface area contributed by atoms with E-state index in [0.717, 1.165) is 22.0 Å². The highest BCUT2D eigenvalue weighted by Gasteiger charge is 2.42. The van der Waals surface area contributed by atoms with Gasteiger partial charge in [0.15, 0.2) is 0 Å². The van der Waals surface area contributed by atoms with Gasteiger partial charge in [0, 0.05) is 16.3 Å². The van der Waals surface area contributed by atoms with Crippen LogP contribution in [0.25, 0.3) is 10.9 Å². The van der Waals surface area contributed by atoms with E-state index in [4.69, 9.17) is 11.6 Å². The number of alkyl halides is 1. The average Bonchev–Trinajstić information content (AvgIpc) is 2.79. The van der Waals surface area contributed by atoms with Crippen molar-refractivity contribution in [2.24, 2.45) is 0 Å². The molecule has 1 aliphatic rings. The Bertz CT molecular complexity index is 576. The van der Waals surface area contributed by atoms with Crippen LogP contribution < -0.4 is 0 Å². The monoisotopic (exact) mass is 252 g/mol. The molecule has 2 nitrogen and oxygen atoms in total. The second-order valence-corrected chi connectivity index (χ2v) is 5.44. The molecule has 1 N–H and O–H groups in total. The number of aromatic amines is 1. The molecule has 1 aliphatic carbocycles. The lowest BCUT2D eigenvalue weighted by Gasteiger charge is -2.15. The third-order valence-electron chi connectivity index (χ3n) is 3.44. The molecule has 3 rings (SSSR count). The van der Waals surface area contributed by atoms with Gasteiger partial charge in [0.05, 0.1) is 11.7 Å². The van der Waals surface area contributed by atoms with E-state index in [1.54, 1.807) is 6.20 Å². The van der Waals surface area contributed by atoms with E-state index >= 15 is 0 Å². The molecule has 0 radical (unpaired) electrons. The Balaban J connectivity index is 2.30. The molecule has 17 heavy (non-hydrogen) atoms. The second kappa shape index (κ2) is 3.70. The predicted octanol–water partition coefficient (Wildman–Crippen LogP) is 4.17. The van der Waals surface area contributed by atoms with E-state index in [1.165, 1.54) is 0 Å². The summed E-state index contributed by atoms with van der Waals surface area (Å²) in [5.41, 5.74) is 3.06. The van der Waals surface area contributed by atoms with Crippen molar-refractivity contribution in [1.29, 1.82) is 0 Å². The second-order valence-electron chi connectivity index (χ2n) is 5.03. The Morgan fingerprint density at radius 1 is 1.53 bits per heavy atom. The fourth-order valence-electron chi connectivity index (χ4n) is 2.56. The maximum atomic E-state index is 13.3. The molecule has 2 aromatic rings. The maximum Gasteiger partial charge on any atom is 0.108 e. The summed E-state index contributed by atoms with van der Waals surface area (Å²) in [6.07, 6.45) is 1.68. The first-order valence-corrected chi connectivity index (χ1v) is 6.26. The number of fused-ring (bicyclic) bond motifs is 1. The van der Waals surface area contributed by atoms with Crippen LogP contribution in [-0.4, -0.2) is 16.4 Å². The number of rotatable bonds is 2. The molecular formula is C13H14ClFN2. The topological polar surface area (TPSA) is 28.7 Å². The molecule has 4 heteroatoms. The van der Waals surface area contributed by atoms with Gasteiger partial charge >= 0.3 is 0 Å². The van der Waals surface area contributed by atoms with Crippen molar-refractivity contribution < 1.29 is 4.39 Å². The number of hydrogen-bond acceptors (Lipinski definition) is 1. The highest BCUT2D eigenvalue weighted by atomic mass is 35.5. The van der Waals surface area contributed by atoms with Crippen LogP contribution in [0.5, 0.6) is 0 Å². The van der Waals surface area contributed by atoms with Crippen LogP contribution in [0.2, 0.25) is 5.02 Å². The van der Waals surface area contributed by atoms with Crippen LogP contribution in [0.3, 0.4) is 0 Å². The third-order valence-corrected chi connectivity index (χ3v) is 3.75. The lowest BCUT2D eigenvalue weighted by molar-refractivity contribution is 0.468. The lowest BCUT2D eigenvalue weighted by atomic mass is 9.91. The fourth-order valence-corrected chi connectivity index (χ4v) is 2.91. The van der Waals surface area contributed by atoms with Crippen molar-refractivity contribution in [3.63, 3.8) is 0 Å². The maximum absolute atomic E-state index is 13.3. The van der Waals surface area contributed by atoms with Gasteiger partial charge < -0.3 is 0 Å². The number of H-pyrrole nitrogens is 1. The van der Waals surface area contributed by atoms with Gasteiger partial charge in [-0.15, -0.1) is 0 Å². The van der Waals surface area contributed by atoms with Gasteiger partial charge in [0.1, 0.15) is 6.17 Å². The quantitative estimate of drug-likeness (QED) is 0.854. The molecule has 0 amide bonds. The summed E-state index contributed by atoms with van der Waals surface area (Å²) in [6.45, 7) is 4.22. The first-order chi connectivity index (χ1) is 8.09. The Kier molecular flexibility index (Phi) is 2.40. The standard InChI is InChI=1S/C13H14ClFN2/c1-6(2)12-8-5-16-17-11(8)4-9(14)13(12)7-3-10(7)15/h4-7,10H,3H2,1-2H3,(H,16,17). The summed E-state index contributed by atoms with van der Waals surface area (Å²) in [4.78, 5) is 0. The summed E-state index contributed by atoms with van der Waals surface area (Å²) < 4.78 is 13.3. The number of halogens is 2. The van der Waals surface area contributed by atoms with E-state index in [2.05, 4.69) is 24.0 Å². The predicted molar refractivity (Wildman–Crippen MR) is 67.4 cm³/mol. The molecule has 1 saturated carbocycles. The zero-order chi connectivity index (χ0) is 12.2. The van der Waals surface area contributed by atoms with Crippen LogP contribution in [0.15, 0.2) is 12.3 Å². The summed E-state index contributed by atoms with van der Waals surface area (Å²) in [5.74, 6) is 0.302. The summed E-state index contributed by atoms with van der Waals surface area (Å²) >= 11 is 6.30. The smallest absolute Gasteiger partial charge is 0.108 e. The van der Waals surface area contributed by atoms with Gasteiger partial charge in [0.25, 0.3) is 0 Å². The van der Waals surface area contributed by atoms with Crippen molar-refractivity contribution in [1.82, 2.24) is 10.2 Å². The van der Waals surface area contributed by atoms with E-state index in [0.29, 0.717) is 17.4 Å². The molecule has 1 aromatic carbocycles. The minimum atomic E-state index is -0.727. The average molecular weight is 253 g/mol. The van der Waals surface area contributed by atoms with Gasteiger partial charge in [-0.3, -0.25) is 5.10 Å². The molecule has 0 bridgehead atoms. The van der Waals surface area contributed by atoms with E-state index in [9.17, 15) is 4.39 Å². The van der Waals surface area contributed by atoms with Gasteiger partial charge in [-0.25, -0.2) is 4.39 Å². The Morgan fingerprint density at radius 3 is 2.82 bits per heavy atom. The zero-order valence-corrected chi connectivity index (χ0v) is 10.6. The molecular weight excluding hydrogens is 239 g/mol. The van der Waals surface area contributed by atoms with E-state index in [-0.39, 0.29) is 5.92 Å². The Morgan fingerprint density at radius 2 is 2.24 bits per heavy atom. The molecule has 1 fully saturated rings. The van der Waals surface area contributed by atoms with E-state index in [1.807, 2.05) is 6.07 Å². The number of benzene rings is 1. The summed E-state index contributed by atoms with van der Waals surface area (Å²) in [7, 11) is 0. The van der Waals surface area contributed by atoms with Gasteiger partial charge in [-0.1, -0.05) is 25.4 Å². The summed E-state index contributed by atoms with van der Waals surface area (Å²) in [5, 5.41) is 8.70. The van der Waals surface area contributed by atoms with Crippen molar-refractivity contribution in [2.45, 2.75) is 38.3 Å². The first-order valence-electron chi connectivity index (χ1n) is 5.89. The Hall–Kier alpha value is -1.09. The van der Waals surface area contributed by atoms with Crippen molar-refractivity contribution in [3.8, 4) is 0 Å². The number of nitrogens with zero attached hydrogens (tertiary/aromatic N) is 1. The molecule has 0 saturated heterocycles. The first kappa shape index (κ1) is 11.0. The van der Waals surface area contributed by atoms with Gasteiger partial charge in [-0.2, -0.15) is 5.10 Å². The molecule has 2 unspecified atom stereocenters. The third kappa shape index (κ3) is 1.64. The molecule has 90 valence electrons. The fraction of sp³-hybridized carbons (Fsp3) is 0.462. The van der Waals surface area contributed by atoms with Crippen LogP contribution in [0.4, 0.5) is 4.39 Å². The van der Waals surface area contributed by atoms with Crippen LogP contribution in [0, 0.1) is 0 Å². The normalized spacial score (nSPS) is 23.6.